The van der Waals surface area contributed by atoms with Crippen molar-refractivity contribution in [2.75, 3.05) is 28.4 Å². The van der Waals surface area contributed by atoms with Crippen LogP contribution in [0.25, 0.3) is 0 Å². The third-order valence-corrected chi connectivity index (χ3v) is 6.02. The van der Waals surface area contributed by atoms with Crippen molar-refractivity contribution in [2.45, 2.75) is 19.3 Å². The van der Waals surface area contributed by atoms with E-state index >= 15 is 0 Å². The van der Waals surface area contributed by atoms with E-state index in [2.05, 4.69) is 13.8 Å². The molecule has 0 aliphatic rings. The first-order valence-corrected chi connectivity index (χ1v) is 10.5. The van der Waals surface area contributed by atoms with Crippen molar-refractivity contribution in [1.82, 2.24) is 0 Å². The zero-order valence-corrected chi connectivity index (χ0v) is 18.3. The summed E-state index contributed by atoms with van der Waals surface area (Å²) in [7, 11) is 3.51. The lowest BCUT2D eigenvalue weighted by molar-refractivity contribution is 0.276. The Morgan fingerprint density at radius 3 is 1.11 bits per heavy atom. The van der Waals surface area contributed by atoms with Crippen LogP contribution in [0.3, 0.4) is 0 Å². The first-order chi connectivity index (χ1) is 12.9. The molecule has 2 aromatic rings. The van der Waals surface area contributed by atoms with Crippen LogP contribution in [0.1, 0.15) is 25.0 Å². The van der Waals surface area contributed by atoms with Gasteiger partial charge in [0, 0.05) is 33.9 Å². The lowest BCUT2D eigenvalue weighted by Gasteiger charge is -2.26. The van der Waals surface area contributed by atoms with Crippen molar-refractivity contribution in [1.29, 1.82) is 0 Å². The van der Waals surface area contributed by atoms with Gasteiger partial charge in [0.1, 0.15) is 11.5 Å². The van der Waals surface area contributed by atoms with Crippen molar-refractivity contribution in [3.8, 4) is 11.5 Å². The van der Waals surface area contributed by atoms with Gasteiger partial charge in [0.05, 0.1) is 0 Å². The molecule has 2 aromatic carbocycles. The number of benzene rings is 2. The number of hydrogen-bond acceptors (Lipinski definition) is 6. The maximum absolute atomic E-state index is 5.64. The Morgan fingerprint density at radius 2 is 0.852 bits per heavy atom. The van der Waals surface area contributed by atoms with Gasteiger partial charge in [-0.3, -0.25) is 0 Å². The van der Waals surface area contributed by atoms with Crippen LogP contribution in [-0.2, 0) is 23.5 Å². The Balaban J connectivity index is 2.12. The molecule has 27 heavy (non-hydrogen) atoms. The second kappa shape index (κ2) is 10.3. The average molecular weight is 412 g/mol. The molecule has 0 aliphatic carbocycles. The molecule has 8 heteroatoms. The van der Waals surface area contributed by atoms with Crippen molar-refractivity contribution >= 4 is 17.2 Å². The minimum atomic E-state index is -1.36. The van der Waals surface area contributed by atoms with E-state index in [1.165, 1.54) is 11.1 Å². The summed E-state index contributed by atoms with van der Waals surface area (Å²) in [5.41, 5.74) is 2.15. The number of rotatable bonds is 10. The normalized spacial score (nSPS) is 11.9. The van der Waals surface area contributed by atoms with Crippen LogP contribution in [-0.4, -0.2) is 28.4 Å². The Hall–Kier alpha value is -1.26. The standard InChI is InChI=1S/C19H26O6P2/c1-19(2,15-7-11-17(12-8-15)24-26(20-3)21-4)16-9-13-18(14-10-16)25-27(22-5)23-6/h7-14H,1-6H3. The van der Waals surface area contributed by atoms with Gasteiger partial charge in [-0.25, -0.2) is 0 Å². The summed E-state index contributed by atoms with van der Waals surface area (Å²) in [6, 6.07) is 15.9. The third-order valence-electron chi connectivity index (χ3n) is 4.11. The maximum atomic E-state index is 5.64. The molecule has 0 saturated carbocycles. The fourth-order valence-corrected chi connectivity index (χ4v) is 3.69. The molecule has 0 fully saturated rings. The van der Waals surface area contributed by atoms with Gasteiger partial charge in [0.25, 0.3) is 0 Å². The first kappa shape index (κ1) is 22.0. The summed E-state index contributed by atoms with van der Waals surface area (Å²) in [4.78, 5) is 0. The smallest absolute Gasteiger partial charge is 0.396 e. The molecule has 0 N–H and O–H groups in total. The SMILES string of the molecule is COP(OC)Oc1ccc(C(C)(C)c2ccc(OP(OC)OC)cc2)cc1. The Kier molecular flexibility index (Phi) is 8.43. The van der Waals surface area contributed by atoms with Crippen LogP contribution in [0.5, 0.6) is 11.5 Å². The predicted molar refractivity (Wildman–Crippen MR) is 108 cm³/mol. The zero-order chi connectivity index (χ0) is 19.9. The lowest BCUT2D eigenvalue weighted by atomic mass is 9.78. The average Bonchev–Trinajstić information content (AvgIpc) is 2.70. The Labute approximate surface area is 163 Å². The fourth-order valence-electron chi connectivity index (χ4n) is 2.50. The summed E-state index contributed by atoms with van der Waals surface area (Å²) in [5, 5.41) is 0. The molecule has 0 radical (unpaired) electrons. The van der Waals surface area contributed by atoms with E-state index in [1.54, 1.807) is 28.4 Å². The maximum Gasteiger partial charge on any atom is 0.396 e. The molecule has 0 aliphatic heterocycles. The van der Waals surface area contributed by atoms with Crippen LogP contribution >= 0.6 is 17.2 Å². The molecule has 0 aromatic heterocycles. The van der Waals surface area contributed by atoms with Gasteiger partial charge in [0.2, 0.25) is 0 Å². The Morgan fingerprint density at radius 1 is 0.556 bits per heavy atom. The third kappa shape index (κ3) is 5.86. The summed E-state index contributed by atoms with van der Waals surface area (Å²) < 4.78 is 31.8. The quantitative estimate of drug-likeness (QED) is 0.459. The molecular weight excluding hydrogens is 386 g/mol. The van der Waals surface area contributed by atoms with Crippen molar-refractivity contribution < 1.29 is 27.1 Å². The predicted octanol–water partition coefficient (Wildman–Crippen LogP) is 5.81. The molecule has 0 bridgehead atoms. The van der Waals surface area contributed by atoms with Gasteiger partial charge in [-0.2, -0.15) is 0 Å². The van der Waals surface area contributed by atoms with E-state index in [-0.39, 0.29) is 5.41 Å². The van der Waals surface area contributed by atoms with E-state index in [9.17, 15) is 0 Å². The van der Waals surface area contributed by atoms with Crippen LogP contribution < -0.4 is 9.05 Å². The van der Waals surface area contributed by atoms with E-state index in [0.717, 1.165) is 0 Å². The van der Waals surface area contributed by atoms with Gasteiger partial charge in [-0.1, -0.05) is 38.1 Å². The number of hydrogen-bond donors (Lipinski definition) is 0. The Bertz CT molecular complexity index is 623. The second-order valence-corrected chi connectivity index (χ2v) is 8.75. The van der Waals surface area contributed by atoms with Gasteiger partial charge >= 0.3 is 17.2 Å². The second-order valence-electron chi connectivity index (χ2n) is 6.03. The summed E-state index contributed by atoms with van der Waals surface area (Å²) in [5.74, 6) is 1.42. The highest BCUT2D eigenvalue weighted by Gasteiger charge is 2.24. The summed E-state index contributed by atoms with van der Waals surface area (Å²) in [6.07, 6.45) is 0. The van der Waals surface area contributed by atoms with Crippen LogP contribution in [0.2, 0.25) is 0 Å². The molecule has 0 heterocycles. The monoisotopic (exact) mass is 412 g/mol. The fraction of sp³-hybridized carbons (Fsp3) is 0.368. The molecule has 148 valence electrons. The van der Waals surface area contributed by atoms with Gasteiger partial charge < -0.3 is 27.1 Å². The van der Waals surface area contributed by atoms with Crippen LogP contribution in [0.4, 0.5) is 0 Å². The van der Waals surface area contributed by atoms with E-state index in [4.69, 9.17) is 27.1 Å². The molecule has 0 spiro atoms. The van der Waals surface area contributed by atoms with E-state index in [0.29, 0.717) is 11.5 Å². The van der Waals surface area contributed by atoms with E-state index in [1.807, 2.05) is 48.5 Å². The van der Waals surface area contributed by atoms with Crippen molar-refractivity contribution in [3.63, 3.8) is 0 Å². The molecule has 0 unspecified atom stereocenters. The highest BCUT2D eigenvalue weighted by atomic mass is 31.2. The highest BCUT2D eigenvalue weighted by Crippen LogP contribution is 2.41. The molecule has 0 saturated heterocycles. The molecule has 0 atom stereocenters. The van der Waals surface area contributed by atoms with Crippen LogP contribution in [0.15, 0.2) is 48.5 Å². The largest absolute Gasteiger partial charge is 0.427 e. The van der Waals surface area contributed by atoms with E-state index < -0.39 is 17.2 Å². The molecular formula is C19H26O6P2. The highest BCUT2D eigenvalue weighted by molar-refractivity contribution is 7.42. The van der Waals surface area contributed by atoms with Crippen molar-refractivity contribution in [2.24, 2.45) is 0 Å². The molecule has 6 nitrogen and oxygen atoms in total. The van der Waals surface area contributed by atoms with Crippen molar-refractivity contribution in [3.05, 3.63) is 59.7 Å². The van der Waals surface area contributed by atoms with Crippen LogP contribution in [0, 0.1) is 0 Å². The summed E-state index contributed by atoms with van der Waals surface area (Å²) in [6.45, 7) is 4.35. The molecule has 2 rings (SSSR count). The summed E-state index contributed by atoms with van der Waals surface area (Å²) >= 11 is 0. The topological polar surface area (TPSA) is 55.4 Å². The van der Waals surface area contributed by atoms with Gasteiger partial charge in [0.15, 0.2) is 0 Å². The van der Waals surface area contributed by atoms with Gasteiger partial charge in [-0.15, -0.1) is 0 Å². The minimum absolute atomic E-state index is 0.183. The zero-order valence-electron chi connectivity index (χ0n) is 16.5. The first-order valence-electron chi connectivity index (χ1n) is 8.28. The molecule has 0 amide bonds. The minimum Gasteiger partial charge on any atom is -0.427 e. The van der Waals surface area contributed by atoms with Gasteiger partial charge in [-0.05, 0) is 35.4 Å². The lowest BCUT2D eigenvalue weighted by Crippen LogP contribution is -2.18.